The Balaban J connectivity index is 3.03. The molecule has 1 unspecified atom stereocenters. The van der Waals surface area contributed by atoms with E-state index in [1.54, 1.807) is 0 Å². The van der Waals surface area contributed by atoms with E-state index in [-0.39, 0.29) is 0 Å². The average molecular weight is 204 g/mol. The zero-order valence-electron chi connectivity index (χ0n) is 9.34. The first-order valence-electron chi connectivity index (χ1n) is 5.50. The van der Waals surface area contributed by atoms with Gasteiger partial charge in [0.25, 0.3) is 0 Å². The summed E-state index contributed by atoms with van der Waals surface area (Å²) >= 11 is 0. The van der Waals surface area contributed by atoms with Gasteiger partial charge in [0.1, 0.15) is 0 Å². The minimum absolute atomic E-state index is 0.822. The van der Waals surface area contributed by atoms with E-state index in [4.69, 9.17) is 9.16 Å². The zero-order valence-corrected chi connectivity index (χ0v) is 10.5. The molecule has 0 amide bonds. The maximum Gasteiger partial charge on any atom is 0.173 e. The summed E-state index contributed by atoms with van der Waals surface area (Å²) in [7, 11) is -0.827. The fraction of sp³-hybridized carbons (Fsp3) is 1.00. The molecule has 0 saturated heterocycles. The van der Waals surface area contributed by atoms with E-state index in [9.17, 15) is 0 Å². The highest BCUT2D eigenvalue weighted by molar-refractivity contribution is 6.50. The number of ether oxygens (including phenoxy) is 1. The maximum atomic E-state index is 5.75. The standard InChI is InChI=1S/C10H24O2Si/c1-4-6-10-13(3)12-9-7-8-11-5-2/h13H,4-10H2,1-3H3. The molecule has 3 heteroatoms. The van der Waals surface area contributed by atoms with Crippen LogP contribution in [0.1, 0.15) is 33.1 Å². The molecule has 0 aromatic carbocycles. The maximum absolute atomic E-state index is 5.75. The molecule has 0 aromatic rings. The normalized spacial score (nSPS) is 13.2. The topological polar surface area (TPSA) is 18.5 Å². The van der Waals surface area contributed by atoms with Gasteiger partial charge in [-0.3, -0.25) is 0 Å². The van der Waals surface area contributed by atoms with Crippen molar-refractivity contribution in [3.05, 3.63) is 0 Å². The van der Waals surface area contributed by atoms with E-state index in [2.05, 4.69) is 13.5 Å². The molecule has 0 aliphatic carbocycles. The molecule has 0 radical (unpaired) electrons. The van der Waals surface area contributed by atoms with Gasteiger partial charge in [0.2, 0.25) is 0 Å². The van der Waals surface area contributed by atoms with Gasteiger partial charge in [-0.25, -0.2) is 0 Å². The molecule has 0 heterocycles. The average Bonchev–Trinajstić information content (AvgIpc) is 2.14. The molecule has 0 saturated carbocycles. The Hall–Kier alpha value is 0.137. The predicted octanol–water partition coefficient (Wildman–Crippen LogP) is 2.58. The van der Waals surface area contributed by atoms with Gasteiger partial charge in [0.05, 0.1) is 0 Å². The van der Waals surface area contributed by atoms with Crippen LogP contribution in [0.4, 0.5) is 0 Å². The van der Waals surface area contributed by atoms with Gasteiger partial charge in [-0.05, 0) is 25.9 Å². The van der Waals surface area contributed by atoms with Crippen LogP contribution in [0.5, 0.6) is 0 Å². The Morgan fingerprint density at radius 2 is 1.85 bits per heavy atom. The molecule has 0 bridgehead atoms. The minimum atomic E-state index is -0.827. The first-order valence-corrected chi connectivity index (χ1v) is 7.94. The van der Waals surface area contributed by atoms with Gasteiger partial charge >= 0.3 is 0 Å². The van der Waals surface area contributed by atoms with E-state index >= 15 is 0 Å². The molecule has 0 aliphatic rings. The zero-order chi connectivity index (χ0) is 9.94. The summed E-state index contributed by atoms with van der Waals surface area (Å²) < 4.78 is 11.0. The molecule has 0 aliphatic heterocycles. The van der Waals surface area contributed by atoms with Crippen LogP contribution in [0.3, 0.4) is 0 Å². The Morgan fingerprint density at radius 3 is 2.46 bits per heavy atom. The molecule has 0 aromatic heterocycles. The number of hydrogen-bond donors (Lipinski definition) is 0. The molecule has 2 nitrogen and oxygen atoms in total. The van der Waals surface area contributed by atoms with Crippen LogP contribution in [-0.4, -0.2) is 28.9 Å². The fourth-order valence-corrected chi connectivity index (χ4v) is 2.88. The first-order chi connectivity index (χ1) is 6.31. The molecule has 0 fully saturated rings. The van der Waals surface area contributed by atoms with Crippen molar-refractivity contribution in [2.75, 3.05) is 19.8 Å². The highest BCUT2D eigenvalue weighted by Gasteiger charge is 2.02. The van der Waals surface area contributed by atoms with E-state index in [0.29, 0.717) is 0 Å². The number of rotatable bonds is 9. The monoisotopic (exact) mass is 204 g/mol. The van der Waals surface area contributed by atoms with Gasteiger partial charge in [0.15, 0.2) is 9.04 Å². The van der Waals surface area contributed by atoms with E-state index in [1.165, 1.54) is 18.9 Å². The van der Waals surface area contributed by atoms with Crippen LogP contribution in [0, 0.1) is 0 Å². The van der Waals surface area contributed by atoms with Crippen molar-refractivity contribution >= 4 is 9.04 Å². The number of unbranched alkanes of at least 4 members (excludes halogenated alkanes) is 1. The van der Waals surface area contributed by atoms with Crippen LogP contribution in [-0.2, 0) is 9.16 Å². The first kappa shape index (κ1) is 13.1. The second kappa shape index (κ2) is 10.2. The quantitative estimate of drug-likeness (QED) is 0.424. The molecule has 0 spiro atoms. The van der Waals surface area contributed by atoms with Crippen LogP contribution in [0.2, 0.25) is 12.6 Å². The highest BCUT2D eigenvalue weighted by atomic mass is 28.3. The van der Waals surface area contributed by atoms with Crippen LogP contribution < -0.4 is 0 Å². The van der Waals surface area contributed by atoms with E-state index < -0.39 is 9.04 Å². The van der Waals surface area contributed by atoms with Crippen molar-refractivity contribution in [3.8, 4) is 0 Å². The SMILES string of the molecule is CCCC[SiH](C)OCCCOCC. The second-order valence-corrected chi connectivity index (χ2v) is 5.91. The summed E-state index contributed by atoms with van der Waals surface area (Å²) in [5, 5.41) is 0. The van der Waals surface area contributed by atoms with Crippen molar-refractivity contribution in [2.45, 2.75) is 45.7 Å². The van der Waals surface area contributed by atoms with Gasteiger partial charge in [0, 0.05) is 19.8 Å². The van der Waals surface area contributed by atoms with Crippen molar-refractivity contribution in [2.24, 2.45) is 0 Å². The van der Waals surface area contributed by atoms with Crippen molar-refractivity contribution in [1.29, 1.82) is 0 Å². The fourth-order valence-electron chi connectivity index (χ4n) is 1.16. The van der Waals surface area contributed by atoms with E-state index in [1.807, 2.05) is 6.92 Å². The highest BCUT2D eigenvalue weighted by Crippen LogP contribution is 2.02. The second-order valence-electron chi connectivity index (χ2n) is 3.37. The summed E-state index contributed by atoms with van der Waals surface area (Å²) in [6.45, 7) is 9.12. The molecule has 80 valence electrons. The number of hydrogen-bond acceptors (Lipinski definition) is 2. The molecule has 0 rings (SSSR count). The summed E-state index contributed by atoms with van der Waals surface area (Å²) in [6.07, 6.45) is 3.68. The van der Waals surface area contributed by atoms with Crippen LogP contribution >= 0.6 is 0 Å². The van der Waals surface area contributed by atoms with Gasteiger partial charge in [-0.1, -0.05) is 19.8 Å². The summed E-state index contributed by atoms with van der Waals surface area (Å²) in [6, 6.07) is 1.32. The molecular formula is C10H24O2Si. The van der Waals surface area contributed by atoms with Gasteiger partial charge in [-0.15, -0.1) is 0 Å². The van der Waals surface area contributed by atoms with E-state index in [0.717, 1.165) is 26.2 Å². The Morgan fingerprint density at radius 1 is 1.08 bits per heavy atom. The molecular weight excluding hydrogens is 180 g/mol. The Bertz CT molecular complexity index is 98.9. The molecule has 1 atom stereocenters. The van der Waals surface area contributed by atoms with Crippen molar-refractivity contribution < 1.29 is 9.16 Å². The predicted molar refractivity (Wildman–Crippen MR) is 59.8 cm³/mol. The molecule has 13 heavy (non-hydrogen) atoms. The van der Waals surface area contributed by atoms with Gasteiger partial charge in [-0.2, -0.15) is 0 Å². The lowest BCUT2D eigenvalue weighted by molar-refractivity contribution is 0.130. The largest absolute Gasteiger partial charge is 0.420 e. The van der Waals surface area contributed by atoms with Crippen LogP contribution in [0.25, 0.3) is 0 Å². The Labute approximate surface area is 84.4 Å². The lowest BCUT2D eigenvalue weighted by atomic mass is 10.4. The third kappa shape index (κ3) is 10.1. The van der Waals surface area contributed by atoms with Crippen LogP contribution in [0.15, 0.2) is 0 Å². The van der Waals surface area contributed by atoms with Crippen molar-refractivity contribution in [1.82, 2.24) is 0 Å². The van der Waals surface area contributed by atoms with Gasteiger partial charge < -0.3 is 9.16 Å². The molecule has 0 N–H and O–H groups in total. The Kier molecular flexibility index (Phi) is 10.3. The minimum Gasteiger partial charge on any atom is -0.420 e. The lowest BCUT2D eigenvalue weighted by Crippen LogP contribution is -2.14. The third-order valence-electron chi connectivity index (χ3n) is 2.00. The smallest absolute Gasteiger partial charge is 0.173 e. The third-order valence-corrected chi connectivity index (χ3v) is 4.03. The lowest BCUT2D eigenvalue weighted by Gasteiger charge is -2.10. The van der Waals surface area contributed by atoms with Crippen molar-refractivity contribution in [3.63, 3.8) is 0 Å². The summed E-state index contributed by atoms with van der Waals surface area (Å²) in [5.74, 6) is 0. The summed E-state index contributed by atoms with van der Waals surface area (Å²) in [5.41, 5.74) is 0. The summed E-state index contributed by atoms with van der Waals surface area (Å²) in [4.78, 5) is 0.